The number of benzene rings is 1. The van der Waals surface area contributed by atoms with Crippen LogP contribution in [0.3, 0.4) is 0 Å². The molecule has 0 saturated carbocycles. The summed E-state index contributed by atoms with van der Waals surface area (Å²) >= 11 is 0. The molecule has 0 unspecified atom stereocenters. The molecule has 0 N–H and O–H groups in total. The van der Waals surface area contributed by atoms with Crippen LogP contribution in [0.5, 0.6) is 0 Å². The van der Waals surface area contributed by atoms with Crippen LogP contribution in [0, 0.1) is 11.6 Å². The third kappa shape index (κ3) is 5.30. The number of halogens is 2. The Bertz CT molecular complexity index is 752. The van der Waals surface area contributed by atoms with Crippen LogP contribution < -0.4 is 0 Å². The van der Waals surface area contributed by atoms with E-state index in [0.29, 0.717) is 24.2 Å². The van der Waals surface area contributed by atoms with Crippen LogP contribution in [0.2, 0.25) is 25.7 Å². The number of methoxy groups -OCH3 is 1. The quantitative estimate of drug-likeness (QED) is 0.372. The van der Waals surface area contributed by atoms with E-state index in [9.17, 15) is 13.6 Å². The molecule has 142 valence electrons. The Labute approximate surface area is 152 Å². The number of rotatable bonds is 9. The summed E-state index contributed by atoms with van der Waals surface area (Å²) in [6.07, 6.45) is 0.603. The van der Waals surface area contributed by atoms with E-state index < -0.39 is 19.7 Å². The van der Waals surface area contributed by atoms with Crippen LogP contribution in [-0.2, 0) is 22.8 Å². The Hall–Kier alpha value is -1.90. The molecule has 1 heterocycles. The minimum Gasteiger partial charge on any atom is -0.380 e. The van der Waals surface area contributed by atoms with Gasteiger partial charge in [0.25, 0.3) is 0 Å². The summed E-state index contributed by atoms with van der Waals surface area (Å²) < 4.78 is 39.7. The molecule has 0 saturated heterocycles. The van der Waals surface area contributed by atoms with Crippen molar-refractivity contribution in [2.75, 3.05) is 13.7 Å². The van der Waals surface area contributed by atoms with Gasteiger partial charge in [0.2, 0.25) is 0 Å². The lowest BCUT2D eigenvalue weighted by Gasteiger charge is -2.16. The van der Waals surface area contributed by atoms with Crippen LogP contribution in [0.25, 0.3) is 11.3 Å². The van der Waals surface area contributed by atoms with Gasteiger partial charge in [0.05, 0.1) is 12.3 Å². The van der Waals surface area contributed by atoms with E-state index >= 15 is 0 Å². The number of carbonyl (C=O) groups is 1. The molecule has 0 bridgehead atoms. The second-order valence-corrected chi connectivity index (χ2v) is 12.9. The molecule has 26 heavy (non-hydrogen) atoms. The topological polar surface area (TPSA) is 53.3 Å². The summed E-state index contributed by atoms with van der Waals surface area (Å²) in [6, 6.07) is 4.17. The highest BCUT2D eigenvalue weighted by molar-refractivity contribution is 6.76. The molecule has 0 amide bonds. The first-order chi connectivity index (χ1) is 12.2. The van der Waals surface area contributed by atoms with Gasteiger partial charge in [0.1, 0.15) is 24.1 Å². The van der Waals surface area contributed by atoms with Crippen molar-refractivity contribution in [2.24, 2.45) is 0 Å². The van der Waals surface area contributed by atoms with Crippen molar-refractivity contribution in [2.45, 2.75) is 39.0 Å². The third-order valence-electron chi connectivity index (χ3n) is 3.83. The van der Waals surface area contributed by atoms with Gasteiger partial charge in [-0.3, -0.25) is 4.79 Å². The van der Waals surface area contributed by atoms with Gasteiger partial charge in [-0.2, -0.15) is 5.10 Å². The molecule has 0 aliphatic carbocycles. The Balaban J connectivity index is 2.38. The van der Waals surface area contributed by atoms with Gasteiger partial charge < -0.3 is 9.47 Å². The van der Waals surface area contributed by atoms with Crippen molar-refractivity contribution in [1.82, 2.24) is 9.78 Å². The summed E-state index contributed by atoms with van der Waals surface area (Å²) in [5, 5.41) is 4.23. The van der Waals surface area contributed by atoms with E-state index in [1.54, 1.807) is 0 Å². The van der Waals surface area contributed by atoms with Gasteiger partial charge in [-0.1, -0.05) is 19.6 Å². The molecule has 0 aliphatic heterocycles. The monoisotopic (exact) mass is 382 g/mol. The van der Waals surface area contributed by atoms with E-state index in [0.717, 1.165) is 12.1 Å². The maximum atomic E-state index is 13.7. The highest BCUT2D eigenvalue weighted by Crippen LogP contribution is 2.28. The summed E-state index contributed by atoms with van der Waals surface area (Å²) in [7, 11) is 0.235. The molecule has 1 aromatic carbocycles. The maximum absolute atomic E-state index is 13.7. The van der Waals surface area contributed by atoms with Crippen LogP contribution in [-0.4, -0.2) is 37.9 Å². The zero-order chi connectivity index (χ0) is 19.3. The zero-order valence-corrected chi connectivity index (χ0v) is 16.5. The predicted molar refractivity (Wildman–Crippen MR) is 97.8 cm³/mol. The van der Waals surface area contributed by atoms with Crippen molar-refractivity contribution >= 4 is 14.4 Å². The number of hydrogen-bond donors (Lipinski definition) is 0. The number of aldehydes is 1. The smallest absolute Gasteiger partial charge is 0.170 e. The molecule has 0 spiro atoms. The number of carbonyl (C=O) groups excluding carboxylic acids is 1. The average Bonchev–Trinajstić information content (AvgIpc) is 2.88. The van der Waals surface area contributed by atoms with Crippen molar-refractivity contribution in [3.8, 4) is 11.3 Å². The third-order valence-corrected chi connectivity index (χ3v) is 5.53. The first-order valence-corrected chi connectivity index (χ1v) is 12.0. The lowest BCUT2D eigenvalue weighted by molar-refractivity contribution is 0.0792. The summed E-state index contributed by atoms with van der Waals surface area (Å²) in [6.45, 7) is 7.47. The van der Waals surface area contributed by atoms with Gasteiger partial charge in [0.15, 0.2) is 6.29 Å². The zero-order valence-electron chi connectivity index (χ0n) is 15.5. The van der Waals surface area contributed by atoms with Gasteiger partial charge in [0, 0.05) is 39.0 Å². The van der Waals surface area contributed by atoms with Gasteiger partial charge in [-0.05, 0) is 18.2 Å². The molecule has 5 nitrogen and oxygen atoms in total. The van der Waals surface area contributed by atoms with Crippen molar-refractivity contribution < 1.29 is 23.0 Å². The van der Waals surface area contributed by atoms with Crippen LogP contribution in [0.4, 0.5) is 8.78 Å². The van der Waals surface area contributed by atoms with Crippen molar-refractivity contribution in [3.05, 3.63) is 41.1 Å². The first kappa shape index (κ1) is 20.4. The van der Waals surface area contributed by atoms with Gasteiger partial charge in [-0.25, -0.2) is 13.5 Å². The van der Waals surface area contributed by atoms with Gasteiger partial charge >= 0.3 is 0 Å². The fourth-order valence-electron chi connectivity index (χ4n) is 2.54. The second-order valence-electron chi connectivity index (χ2n) is 7.27. The van der Waals surface area contributed by atoms with Crippen molar-refractivity contribution in [3.63, 3.8) is 0 Å². The SMILES string of the molecule is COCc1c(C=O)nn(COCC[Si](C)(C)C)c1-c1cc(F)cc(F)c1. The maximum Gasteiger partial charge on any atom is 0.170 e. The van der Waals surface area contributed by atoms with Crippen LogP contribution in [0.15, 0.2) is 18.2 Å². The minimum absolute atomic E-state index is 0.0858. The average molecular weight is 382 g/mol. The van der Waals surface area contributed by atoms with E-state index in [2.05, 4.69) is 24.7 Å². The van der Waals surface area contributed by atoms with E-state index in [1.807, 2.05) is 0 Å². The molecule has 8 heteroatoms. The Morgan fingerprint density at radius 1 is 1.19 bits per heavy atom. The number of hydrogen-bond acceptors (Lipinski definition) is 4. The summed E-state index contributed by atoms with van der Waals surface area (Å²) in [5.74, 6) is -1.41. The molecule has 2 rings (SSSR count). The summed E-state index contributed by atoms with van der Waals surface area (Å²) in [5.41, 5.74) is 1.34. The second kappa shape index (κ2) is 8.66. The fourth-order valence-corrected chi connectivity index (χ4v) is 3.29. The minimum atomic E-state index is -1.24. The molecule has 2 aromatic rings. The van der Waals surface area contributed by atoms with Crippen molar-refractivity contribution in [1.29, 1.82) is 0 Å². The molecule has 0 fully saturated rings. The number of nitrogens with zero attached hydrogens (tertiary/aromatic N) is 2. The molecular formula is C18H24F2N2O3Si. The molecule has 0 atom stereocenters. The summed E-state index contributed by atoms with van der Waals surface area (Å²) in [4.78, 5) is 11.4. The lowest BCUT2D eigenvalue weighted by Crippen LogP contribution is -2.22. The molecule has 0 radical (unpaired) electrons. The normalized spacial score (nSPS) is 11.8. The van der Waals surface area contributed by atoms with E-state index in [1.165, 1.54) is 23.9 Å². The number of aromatic nitrogens is 2. The Morgan fingerprint density at radius 2 is 1.85 bits per heavy atom. The Morgan fingerprint density at radius 3 is 2.38 bits per heavy atom. The standard InChI is InChI=1S/C18H24F2N2O3Si/c1-24-11-16-17(10-23)21-22(12-25-5-6-26(2,3)4)18(16)13-7-14(19)9-15(20)8-13/h7-10H,5-6,11-12H2,1-4H3. The van der Waals surface area contributed by atoms with E-state index in [-0.39, 0.29) is 24.6 Å². The van der Waals surface area contributed by atoms with Crippen LogP contribution in [0.1, 0.15) is 16.1 Å². The number of ether oxygens (including phenoxy) is 2. The lowest BCUT2D eigenvalue weighted by atomic mass is 10.1. The highest BCUT2D eigenvalue weighted by atomic mass is 28.3. The highest BCUT2D eigenvalue weighted by Gasteiger charge is 2.20. The van der Waals surface area contributed by atoms with E-state index in [4.69, 9.17) is 9.47 Å². The molecule has 1 aromatic heterocycles. The van der Waals surface area contributed by atoms with Crippen LogP contribution >= 0.6 is 0 Å². The Kier molecular flexibility index (Phi) is 6.79. The largest absolute Gasteiger partial charge is 0.380 e. The first-order valence-electron chi connectivity index (χ1n) is 8.33. The predicted octanol–water partition coefficient (Wildman–Crippen LogP) is 4.10. The molecular weight excluding hydrogens is 358 g/mol. The molecule has 0 aliphatic rings. The fraction of sp³-hybridized carbons (Fsp3) is 0.444. The van der Waals surface area contributed by atoms with Gasteiger partial charge in [-0.15, -0.1) is 0 Å².